The van der Waals surface area contributed by atoms with Gasteiger partial charge < -0.3 is 4.90 Å². The summed E-state index contributed by atoms with van der Waals surface area (Å²) >= 11 is 0. The Hall–Kier alpha value is -0.970. The van der Waals surface area contributed by atoms with E-state index in [4.69, 9.17) is 6.42 Å². The number of fused-ring (bicyclic) bond motifs is 2. The number of amides is 1. The molecular formula is C11H15NO. The first-order chi connectivity index (χ1) is 6.19. The summed E-state index contributed by atoms with van der Waals surface area (Å²) in [5.41, 5.74) is 0.0469. The van der Waals surface area contributed by atoms with Crippen LogP contribution in [0.2, 0.25) is 0 Å². The summed E-state index contributed by atoms with van der Waals surface area (Å²) in [6.07, 6.45) is 10.6. The summed E-state index contributed by atoms with van der Waals surface area (Å²) < 4.78 is 0. The predicted octanol–water partition coefficient (Wildman–Crippen LogP) is 1.55. The van der Waals surface area contributed by atoms with Gasteiger partial charge in [0.2, 0.25) is 5.91 Å². The number of terminal acetylenes is 1. The van der Waals surface area contributed by atoms with Crippen LogP contribution in [0.25, 0.3) is 0 Å². The highest BCUT2D eigenvalue weighted by Gasteiger charge is 2.52. The fourth-order valence-electron chi connectivity index (χ4n) is 3.07. The Labute approximate surface area is 79.3 Å². The molecule has 0 spiro atoms. The van der Waals surface area contributed by atoms with Crippen molar-refractivity contribution in [2.75, 3.05) is 0 Å². The molecule has 2 aliphatic rings. The molecule has 70 valence electrons. The van der Waals surface area contributed by atoms with Crippen LogP contribution in [0.1, 0.15) is 39.0 Å². The van der Waals surface area contributed by atoms with Gasteiger partial charge >= 0.3 is 0 Å². The van der Waals surface area contributed by atoms with Crippen LogP contribution in [0.15, 0.2) is 0 Å². The van der Waals surface area contributed by atoms with E-state index in [1.54, 1.807) is 6.92 Å². The third kappa shape index (κ3) is 1.07. The molecule has 2 heteroatoms. The van der Waals surface area contributed by atoms with Gasteiger partial charge in [0, 0.05) is 19.4 Å². The van der Waals surface area contributed by atoms with Crippen molar-refractivity contribution in [3.8, 4) is 12.3 Å². The van der Waals surface area contributed by atoms with Crippen molar-refractivity contribution in [2.24, 2.45) is 0 Å². The van der Waals surface area contributed by atoms with Crippen LogP contribution in [0, 0.1) is 12.3 Å². The van der Waals surface area contributed by atoms with Crippen molar-refractivity contribution in [2.45, 2.75) is 50.6 Å². The second-order valence-corrected chi connectivity index (χ2v) is 4.23. The van der Waals surface area contributed by atoms with Crippen molar-refractivity contribution in [3.05, 3.63) is 0 Å². The topological polar surface area (TPSA) is 20.3 Å². The Morgan fingerprint density at radius 2 is 2.23 bits per heavy atom. The Kier molecular flexibility index (Phi) is 1.83. The SMILES string of the molecule is C#CCC12CCC(CC1)N2C(C)=O. The zero-order chi connectivity index (χ0) is 9.47. The first-order valence-electron chi connectivity index (χ1n) is 4.93. The molecular weight excluding hydrogens is 162 g/mol. The number of nitrogens with zero attached hydrogens (tertiary/aromatic N) is 1. The van der Waals surface area contributed by atoms with Crippen LogP contribution >= 0.6 is 0 Å². The Balaban J connectivity index is 2.27. The number of hydrogen-bond acceptors (Lipinski definition) is 1. The normalized spacial score (nSPS) is 36.3. The molecule has 2 nitrogen and oxygen atoms in total. The van der Waals surface area contributed by atoms with Gasteiger partial charge in [0.25, 0.3) is 0 Å². The summed E-state index contributed by atoms with van der Waals surface area (Å²) in [5.74, 6) is 2.92. The molecule has 0 radical (unpaired) electrons. The second-order valence-electron chi connectivity index (χ2n) is 4.23. The molecule has 0 aromatic heterocycles. The van der Waals surface area contributed by atoms with E-state index in [-0.39, 0.29) is 11.4 Å². The third-order valence-corrected chi connectivity index (χ3v) is 3.53. The van der Waals surface area contributed by atoms with Crippen molar-refractivity contribution in [1.82, 2.24) is 4.90 Å². The zero-order valence-corrected chi connectivity index (χ0v) is 8.05. The van der Waals surface area contributed by atoms with Crippen LogP contribution in [0.4, 0.5) is 0 Å². The van der Waals surface area contributed by atoms with E-state index < -0.39 is 0 Å². The Morgan fingerprint density at radius 1 is 1.62 bits per heavy atom. The highest BCUT2D eigenvalue weighted by Crippen LogP contribution is 2.48. The van der Waals surface area contributed by atoms with Crippen LogP contribution in [0.5, 0.6) is 0 Å². The third-order valence-electron chi connectivity index (χ3n) is 3.53. The molecule has 2 saturated heterocycles. The van der Waals surface area contributed by atoms with Crippen molar-refractivity contribution < 1.29 is 4.79 Å². The molecule has 0 aromatic carbocycles. The zero-order valence-electron chi connectivity index (χ0n) is 8.05. The molecule has 2 bridgehead atoms. The minimum absolute atomic E-state index is 0.0469. The van der Waals surface area contributed by atoms with Crippen LogP contribution < -0.4 is 0 Å². The standard InChI is InChI=1S/C11H15NO/c1-3-6-11-7-4-10(5-8-11)12(11)9(2)13/h1,10H,4-8H2,2H3. The fourth-order valence-corrected chi connectivity index (χ4v) is 3.07. The molecule has 0 aliphatic carbocycles. The lowest BCUT2D eigenvalue weighted by Crippen LogP contribution is -2.43. The Bertz CT molecular complexity index is 268. The molecule has 2 rings (SSSR count). The van der Waals surface area contributed by atoms with Gasteiger partial charge in [-0.15, -0.1) is 12.3 Å². The first-order valence-corrected chi connectivity index (χ1v) is 4.93. The largest absolute Gasteiger partial charge is 0.333 e. The van der Waals surface area contributed by atoms with Crippen LogP contribution in [-0.4, -0.2) is 22.4 Å². The van der Waals surface area contributed by atoms with Gasteiger partial charge in [-0.1, -0.05) is 0 Å². The molecule has 0 unspecified atom stereocenters. The molecule has 0 atom stereocenters. The van der Waals surface area contributed by atoms with Gasteiger partial charge in [-0.25, -0.2) is 0 Å². The lowest BCUT2D eigenvalue weighted by atomic mass is 9.85. The highest BCUT2D eigenvalue weighted by molar-refractivity contribution is 5.75. The summed E-state index contributed by atoms with van der Waals surface area (Å²) in [5, 5.41) is 0. The van der Waals surface area contributed by atoms with E-state index in [1.165, 1.54) is 0 Å². The smallest absolute Gasteiger partial charge is 0.220 e. The van der Waals surface area contributed by atoms with E-state index in [9.17, 15) is 4.79 Å². The van der Waals surface area contributed by atoms with E-state index >= 15 is 0 Å². The average Bonchev–Trinajstić information content (AvgIpc) is 2.58. The van der Waals surface area contributed by atoms with E-state index in [1.807, 2.05) is 4.90 Å². The average molecular weight is 177 g/mol. The van der Waals surface area contributed by atoms with Crippen LogP contribution in [0.3, 0.4) is 0 Å². The van der Waals surface area contributed by atoms with E-state index in [0.29, 0.717) is 6.04 Å². The van der Waals surface area contributed by atoms with E-state index in [0.717, 1.165) is 32.1 Å². The van der Waals surface area contributed by atoms with Crippen molar-refractivity contribution in [1.29, 1.82) is 0 Å². The molecule has 2 aliphatic heterocycles. The number of hydrogen-bond donors (Lipinski definition) is 0. The second kappa shape index (κ2) is 2.77. The summed E-state index contributed by atoms with van der Waals surface area (Å²) in [6.45, 7) is 1.66. The van der Waals surface area contributed by atoms with Crippen molar-refractivity contribution in [3.63, 3.8) is 0 Å². The lowest BCUT2D eigenvalue weighted by Gasteiger charge is -2.32. The van der Waals surface area contributed by atoms with E-state index in [2.05, 4.69) is 5.92 Å². The van der Waals surface area contributed by atoms with Gasteiger partial charge in [-0.05, 0) is 25.7 Å². The maximum Gasteiger partial charge on any atom is 0.220 e. The monoisotopic (exact) mass is 177 g/mol. The maximum absolute atomic E-state index is 11.4. The fraction of sp³-hybridized carbons (Fsp3) is 0.727. The lowest BCUT2D eigenvalue weighted by molar-refractivity contribution is -0.132. The molecule has 13 heavy (non-hydrogen) atoms. The molecule has 0 N–H and O–H groups in total. The Morgan fingerprint density at radius 3 is 2.69 bits per heavy atom. The minimum Gasteiger partial charge on any atom is -0.333 e. The highest BCUT2D eigenvalue weighted by atomic mass is 16.2. The van der Waals surface area contributed by atoms with Crippen LogP contribution in [-0.2, 0) is 4.79 Å². The molecule has 2 heterocycles. The summed E-state index contributed by atoms with van der Waals surface area (Å²) in [7, 11) is 0. The maximum atomic E-state index is 11.4. The number of carbonyl (C=O) groups is 1. The predicted molar refractivity (Wildman–Crippen MR) is 51.0 cm³/mol. The van der Waals surface area contributed by atoms with Gasteiger partial charge in [-0.2, -0.15) is 0 Å². The number of rotatable bonds is 1. The number of carbonyl (C=O) groups excluding carboxylic acids is 1. The molecule has 0 saturated carbocycles. The quantitative estimate of drug-likeness (QED) is 0.556. The van der Waals surface area contributed by atoms with Gasteiger partial charge in [-0.3, -0.25) is 4.79 Å². The van der Waals surface area contributed by atoms with Gasteiger partial charge in [0.05, 0.1) is 5.54 Å². The van der Waals surface area contributed by atoms with Crippen molar-refractivity contribution >= 4 is 5.91 Å². The summed E-state index contributed by atoms with van der Waals surface area (Å²) in [6, 6.07) is 0.492. The molecule has 0 aromatic rings. The minimum atomic E-state index is 0.0469. The molecule has 2 fully saturated rings. The summed E-state index contributed by atoms with van der Waals surface area (Å²) in [4.78, 5) is 13.5. The van der Waals surface area contributed by atoms with Gasteiger partial charge in [0.15, 0.2) is 0 Å². The van der Waals surface area contributed by atoms with Gasteiger partial charge in [0.1, 0.15) is 0 Å². The first kappa shape index (κ1) is 8.62. The molecule has 1 amide bonds.